The number of piperidine rings is 1. The number of carbonyl (C=O) groups is 6. The van der Waals surface area contributed by atoms with Crippen molar-refractivity contribution in [3.8, 4) is 0 Å². The van der Waals surface area contributed by atoms with Crippen LogP contribution in [0.3, 0.4) is 0 Å². The van der Waals surface area contributed by atoms with E-state index >= 15 is 4.79 Å². The van der Waals surface area contributed by atoms with E-state index in [0.29, 0.717) is 38.3 Å². The second-order valence-electron chi connectivity index (χ2n) is 20.0. The Morgan fingerprint density at radius 1 is 0.789 bits per heavy atom. The van der Waals surface area contributed by atoms with Gasteiger partial charge in [-0.25, -0.2) is 4.39 Å². The van der Waals surface area contributed by atoms with Crippen LogP contribution < -0.4 is 21.3 Å². The Morgan fingerprint density at radius 2 is 1.44 bits per heavy atom. The number of Topliss-reactive ketones (excluding diaryl/α,β-unsaturated/α-hetero) is 1. The minimum atomic E-state index is -1.03. The van der Waals surface area contributed by atoms with E-state index in [2.05, 4.69) is 42.0 Å². The fourth-order valence-electron chi connectivity index (χ4n) is 9.94. The number of alkyl halides is 1. The summed E-state index contributed by atoms with van der Waals surface area (Å²) in [6.07, 6.45) is 13.0. The van der Waals surface area contributed by atoms with Gasteiger partial charge in [-0.2, -0.15) is 0 Å². The van der Waals surface area contributed by atoms with Gasteiger partial charge >= 0.3 is 0 Å². The molecule has 322 valence electrons. The van der Waals surface area contributed by atoms with Crippen LogP contribution in [-0.4, -0.2) is 108 Å². The predicted molar refractivity (Wildman–Crippen MR) is 217 cm³/mol. The van der Waals surface area contributed by atoms with E-state index in [9.17, 15) is 28.4 Å². The Labute approximate surface area is 340 Å². The monoisotopic (exact) mass is 801 g/mol. The summed E-state index contributed by atoms with van der Waals surface area (Å²) in [4.78, 5) is 87.8. The third-order valence-corrected chi connectivity index (χ3v) is 14.5. The highest BCUT2D eigenvalue weighted by Crippen LogP contribution is 2.57. The average Bonchev–Trinajstić information content (AvgIpc) is 3.88. The molecule has 5 aliphatic rings. The zero-order valence-corrected chi connectivity index (χ0v) is 36.0. The topological polar surface area (TPSA) is 157 Å². The minimum absolute atomic E-state index is 0.00397. The molecule has 0 bridgehead atoms. The van der Waals surface area contributed by atoms with Crippen LogP contribution in [0.5, 0.6) is 0 Å². The maximum absolute atomic E-state index is 15.1. The second-order valence-corrected chi connectivity index (χ2v) is 20.0. The molecule has 2 aliphatic heterocycles. The highest BCUT2D eigenvalue weighted by atomic mass is 19.1. The first-order valence-electron chi connectivity index (χ1n) is 22.3. The molecule has 0 aromatic carbocycles. The maximum Gasteiger partial charge on any atom is 0.289 e. The average molecular weight is 801 g/mol. The SMILES string of the molecule is CCC[C@H](NC(=O)[C@@H]1C[C@](C)(C(C)(C)C2CCC2)CN1C(=O)[C@@H](NC(=O)[C@@H](NC(=O)[C@@H]1CCCCN1CCF)C1CCCCC1)C(C)(C)C)C(=O)C(=O)NC1CC1. The van der Waals surface area contributed by atoms with Gasteiger partial charge in [0.1, 0.15) is 24.8 Å². The van der Waals surface area contributed by atoms with E-state index in [0.717, 1.165) is 77.0 Å². The quantitative estimate of drug-likeness (QED) is 0.151. The van der Waals surface area contributed by atoms with Crippen molar-refractivity contribution in [3.63, 3.8) is 0 Å². The number of hydrogen-bond donors (Lipinski definition) is 4. The van der Waals surface area contributed by atoms with Crippen molar-refractivity contribution in [1.82, 2.24) is 31.1 Å². The van der Waals surface area contributed by atoms with Crippen molar-refractivity contribution in [2.24, 2.45) is 28.1 Å². The van der Waals surface area contributed by atoms with E-state index in [1.807, 2.05) is 32.6 Å². The lowest BCUT2D eigenvalue weighted by Crippen LogP contribution is -2.63. The fraction of sp³-hybridized carbons (Fsp3) is 0.864. The molecular weight excluding hydrogens is 728 g/mol. The first-order chi connectivity index (χ1) is 26.9. The van der Waals surface area contributed by atoms with E-state index in [4.69, 9.17) is 0 Å². The van der Waals surface area contributed by atoms with E-state index in [1.165, 1.54) is 0 Å². The fourth-order valence-corrected chi connectivity index (χ4v) is 9.94. The summed E-state index contributed by atoms with van der Waals surface area (Å²) in [5.41, 5.74) is -1.45. The van der Waals surface area contributed by atoms with Gasteiger partial charge < -0.3 is 26.2 Å². The summed E-state index contributed by atoms with van der Waals surface area (Å²) in [7, 11) is 0. The minimum Gasteiger partial charge on any atom is -0.347 e. The number of halogens is 1. The highest BCUT2D eigenvalue weighted by Gasteiger charge is 2.57. The second kappa shape index (κ2) is 18.9. The van der Waals surface area contributed by atoms with Crippen LogP contribution >= 0.6 is 0 Å². The number of likely N-dealkylation sites (tertiary alicyclic amines) is 2. The summed E-state index contributed by atoms with van der Waals surface area (Å²) >= 11 is 0. The Kier molecular flexibility index (Phi) is 14.9. The Balaban J connectivity index is 1.42. The number of amides is 5. The molecule has 0 spiro atoms. The largest absolute Gasteiger partial charge is 0.347 e. The molecule has 0 radical (unpaired) electrons. The number of nitrogens with one attached hydrogen (secondary N) is 4. The van der Waals surface area contributed by atoms with Crippen molar-refractivity contribution in [2.75, 3.05) is 26.3 Å². The lowest BCUT2D eigenvalue weighted by molar-refractivity contribution is -0.146. The molecule has 3 saturated carbocycles. The maximum atomic E-state index is 15.1. The molecule has 6 atom stereocenters. The van der Waals surface area contributed by atoms with Gasteiger partial charge in [0, 0.05) is 19.1 Å². The number of rotatable bonds is 17. The van der Waals surface area contributed by atoms with E-state index in [-0.39, 0.29) is 42.2 Å². The summed E-state index contributed by atoms with van der Waals surface area (Å²) in [5.74, 6) is -2.61. The van der Waals surface area contributed by atoms with Gasteiger partial charge in [0.25, 0.3) is 5.91 Å². The van der Waals surface area contributed by atoms with Gasteiger partial charge in [-0.1, -0.05) is 87.0 Å². The lowest BCUT2D eigenvalue weighted by Gasteiger charge is -2.50. The van der Waals surface area contributed by atoms with E-state index < -0.39 is 71.2 Å². The molecule has 5 rings (SSSR count). The molecular formula is C44H73FN6O6. The molecule has 0 aromatic heterocycles. The molecule has 5 fully saturated rings. The number of ketones is 1. The number of carbonyl (C=O) groups excluding carboxylic acids is 6. The third-order valence-electron chi connectivity index (χ3n) is 14.5. The zero-order valence-electron chi connectivity index (χ0n) is 36.0. The molecule has 13 heteroatoms. The summed E-state index contributed by atoms with van der Waals surface area (Å²) in [6, 6.07) is -4.37. The van der Waals surface area contributed by atoms with Crippen molar-refractivity contribution < 1.29 is 33.2 Å². The van der Waals surface area contributed by atoms with Gasteiger partial charge in [0.2, 0.25) is 29.4 Å². The summed E-state index contributed by atoms with van der Waals surface area (Å²) in [6.45, 7) is 14.7. The number of hydrogen-bond acceptors (Lipinski definition) is 7. The molecule has 2 heterocycles. The molecule has 0 unspecified atom stereocenters. The van der Waals surface area contributed by atoms with Gasteiger partial charge in [0.15, 0.2) is 0 Å². The van der Waals surface area contributed by atoms with Crippen LogP contribution in [0.2, 0.25) is 0 Å². The molecule has 57 heavy (non-hydrogen) atoms. The van der Waals surface area contributed by atoms with Gasteiger partial charge in [-0.3, -0.25) is 33.7 Å². The predicted octanol–water partition coefficient (Wildman–Crippen LogP) is 4.97. The van der Waals surface area contributed by atoms with Crippen LogP contribution in [0.1, 0.15) is 151 Å². The molecule has 3 aliphatic carbocycles. The Morgan fingerprint density at radius 3 is 2.02 bits per heavy atom. The molecule has 5 amide bonds. The first kappa shape index (κ1) is 45.0. The van der Waals surface area contributed by atoms with Crippen LogP contribution in [0.15, 0.2) is 0 Å². The summed E-state index contributed by atoms with van der Waals surface area (Å²) in [5, 5.41) is 11.9. The van der Waals surface area contributed by atoms with Crippen molar-refractivity contribution in [3.05, 3.63) is 0 Å². The third kappa shape index (κ3) is 10.6. The van der Waals surface area contributed by atoms with Crippen LogP contribution in [0.25, 0.3) is 0 Å². The Bertz CT molecular complexity index is 1470. The zero-order chi connectivity index (χ0) is 41.7. The van der Waals surface area contributed by atoms with Crippen LogP contribution in [-0.2, 0) is 28.8 Å². The van der Waals surface area contributed by atoms with Crippen molar-refractivity contribution in [2.45, 2.75) is 187 Å². The van der Waals surface area contributed by atoms with Crippen LogP contribution in [0.4, 0.5) is 4.39 Å². The van der Waals surface area contributed by atoms with Gasteiger partial charge in [-0.05, 0) is 98.8 Å². The highest BCUT2D eigenvalue weighted by molar-refractivity contribution is 6.38. The van der Waals surface area contributed by atoms with Crippen LogP contribution in [0, 0.1) is 28.1 Å². The van der Waals surface area contributed by atoms with E-state index in [1.54, 1.807) is 4.90 Å². The normalized spacial score (nSPS) is 26.8. The standard InChI is InChI=1S/C44H73FN6O6/c1-8-15-31(35(52)40(56)46-30-21-22-30)47-38(54)33-26-44(7,43(5,6)29-18-14-19-29)27-51(33)41(57)36(42(2,3)4)49-39(55)34(28-16-10-9-11-17-28)48-37(53)32-20-12-13-24-50(32)25-23-45/h28-34,36H,8-27H2,1-7H3,(H,46,56)(H,47,54)(H,48,53)(H,49,55)/t31-,32-,33-,34-,36+,44-/m0/s1. The number of nitrogens with zero attached hydrogens (tertiary/aromatic N) is 2. The van der Waals surface area contributed by atoms with Crippen molar-refractivity contribution in [1.29, 1.82) is 0 Å². The summed E-state index contributed by atoms with van der Waals surface area (Å²) < 4.78 is 13.5. The molecule has 0 aromatic rings. The van der Waals surface area contributed by atoms with Crippen molar-refractivity contribution >= 4 is 35.3 Å². The molecule has 4 N–H and O–H groups in total. The first-order valence-corrected chi connectivity index (χ1v) is 22.3. The Hall–Kier alpha value is -3.09. The van der Waals surface area contributed by atoms with Gasteiger partial charge in [0.05, 0.1) is 12.1 Å². The smallest absolute Gasteiger partial charge is 0.289 e. The molecule has 2 saturated heterocycles. The van der Waals surface area contributed by atoms with Gasteiger partial charge in [-0.15, -0.1) is 0 Å². The molecule has 12 nitrogen and oxygen atoms in total. The lowest BCUT2D eigenvalue weighted by atomic mass is 9.54.